The first-order valence-corrected chi connectivity index (χ1v) is 10.7. The number of hydrogen-bond acceptors (Lipinski definition) is 4. The molecule has 0 aromatic carbocycles. The van der Waals surface area contributed by atoms with Crippen LogP contribution in [0.2, 0.25) is 0 Å². The van der Waals surface area contributed by atoms with Gasteiger partial charge in [-0.15, -0.1) is 0 Å². The van der Waals surface area contributed by atoms with Gasteiger partial charge in [-0.05, 0) is 18.3 Å². The van der Waals surface area contributed by atoms with Gasteiger partial charge in [0.05, 0.1) is 13.7 Å². The van der Waals surface area contributed by atoms with Gasteiger partial charge in [-0.25, -0.2) is 4.18 Å². The maximum absolute atomic E-state index is 11.1. The lowest BCUT2D eigenvalue weighted by Crippen LogP contribution is -2.13. The molecule has 4 nitrogen and oxygen atoms in total. The molecule has 0 heterocycles. The molecular weight excluding hydrogens is 312 g/mol. The number of rotatable bonds is 16. The van der Waals surface area contributed by atoms with E-state index in [0.717, 1.165) is 25.9 Å². The van der Waals surface area contributed by atoms with Gasteiger partial charge in [0.1, 0.15) is 0 Å². The highest BCUT2D eigenvalue weighted by molar-refractivity contribution is 7.81. The van der Waals surface area contributed by atoms with Crippen molar-refractivity contribution in [2.45, 2.75) is 91.4 Å². The fourth-order valence-corrected chi connectivity index (χ4v) is 3.23. The minimum absolute atomic E-state index is 0.212. The molecule has 2 atom stereocenters. The second kappa shape index (κ2) is 14.2. The van der Waals surface area contributed by atoms with Crippen LogP contribution in [-0.2, 0) is 18.8 Å². The van der Waals surface area contributed by atoms with E-state index >= 15 is 0 Å². The Labute approximate surface area is 144 Å². The molecule has 0 aliphatic heterocycles. The Morgan fingerprint density at radius 3 is 1.83 bits per heavy atom. The molecule has 0 aromatic rings. The minimum Gasteiger partial charge on any atom is -0.252 e. The lowest BCUT2D eigenvalue weighted by atomic mass is 9.95. The Balaban J connectivity index is 3.48. The lowest BCUT2D eigenvalue weighted by molar-refractivity contribution is 0.207. The van der Waals surface area contributed by atoms with Crippen LogP contribution in [0.5, 0.6) is 0 Å². The van der Waals surface area contributed by atoms with Gasteiger partial charge in [-0.3, -0.25) is 4.18 Å². The Kier molecular flexibility index (Phi) is 14.2. The summed E-state index contributed by atoms with van der Waals surface area (Å²) in [6, 6.07) is 0. The maximum atomic E-state index is 11.1. The average molecular weight is 351 g/mol. The third-order valence-corrected chi connectivity index (χ3v) is 5.23. The molecule has 0 rings (SSSR count). The first-order chi connectivity index (χ1) is 10.9. The van der Waals surface area contributed by atoms with E-state index in [4.69, 9.17) is 4.18 Å². The van der Waals surface area contributed by atoms with E-state index in [1.54, 1.807) is 0 Å². The van der Waals surface area contributed by atoms with Crippen molar-refractivity contribution < 1.29 is 16.8 Å². The zero-order valence-electron chi connectivity index (χ0n) is 15.7. The molecule has 140 valence electrons. The third kappa shape index (κ3) is 15.2. The molecular formula is C18H38O4S. The average Bonchev–Trinajstić information content (AvgIpc) is 2.53. The molecule has 0 saturated carbocycles. The van der Waals surface area contributed by atoms with E-state index in [2.05, 4.69) is 18.0 Å². The van der Waals surface area contributed by atoms with Crippen molar-refractivity contribution in [3.63, 3.8) is 0 Å². The standard InChI is InChI=1S/C18H38O4S/c1-5-6-7-8-9-10-13-17(2)14-11-12-15-18(3)16-22-23(19,20)21-4/h17-18H,5-16H2,1-4H3. The van der Waals surface area contributed by atoms with Crippen molar-refractivity contribution in [1.29, 1.82) is 0 Å². The highest BCUT2D eigenvalue weighted by Gasteiger charge is 2.12. The van der Waals surface area contributed by atoms with E-state index in [1.807, 2.05) is 6.92 Å². The highest BCUT2D eigenvalue weighted by atomic mass is 32.3. The second-order valence-electron chi connectivity index (χ2n) is 6.91. The van der Waals surface area contributed by atoms with Gasteiger partial charge in [-0.1, -0.05) is 85.0 Å². The van der Waals surface area contributed by atoms with Crippen LogP contribution in [0.15, 0.2) is 0 Å². The summed E-state index contributed by atoms with van der Waals surface area (Å²) in [4.78, 5) is 0. The van der Waals surface area contributed by atoms with E-state index in [-0.39, 0.29) is 12.5 Å². The van der Waals surface area contributed by atoms with Crippen LogP contribution in [0.3, 0.4) is 0 Å². The van der Waals surface area contributed by atoms with Crippen LogP contribution in [0, 0.1) is 11.8 Å². The summed E-state index contributed by atoms with van der Waals surface area (Å²) in [6.07, 6.45) is 14.2. The molecule has 0 radical (unpaired) electrons. The van der Waals surface area contributed by atoms with E-state index < -0.39 is 10.4 Å². The molecule has 0 N–H and O–H groups in total. The lowest BCUT2D eigenvalue weighted by Gasteiger charge is -2.13. The van der Waals surface area contributed by atoms with Crippen molar-refractivity contribution in [3.8, 4) is 0 Å². The van der Waals surface area contributed by atoms with Crippen LogP contribution >= 0.6 is 0 Å². The van der Waals surface area contributed by atoms with Crippen LogP contribution in [-0.4, -0.2) is 22.1 Å². The Bertz CT molecular complexity index is 354. The minimum atomic E-state index is -3.78. The molecule has 0 aliphatic carbocycles. The van der Waals surface area contributed by atoms with Gasteiger partial charge in [0.25, 0.3) is 0 Å². The molecule has 5 heteroatoms. The smallest absolute Gasteiger partial charge is 0.252 e. The van der Waals surface area contributed by atoms with E-state index in [1.165, 1.54) is 57.8 Å². The molecule has 2 unspecified atom stereocenters. The maximum Gasteiger partial charge on any atom is 0.399 e. The molecule has 0 spiro atoms. The van der Waals surface area contributed by atoms with E-state index in [9.17, 15) is 8.42 Å². The highest BCUT2D eigenvalue weighted by Crippen LogP contribution is 2.19. The zero-order valence-corrected chi connectivity index (χ0v) is 16.5. The van der Waals surface area contributed by atoms with Gasteiger partial charge in [-0.2, -0.15) is 8.42 Å². The Morgan fingerprint density at radius 2 is 1.26 bits per heavy atom. The Hall–Kier alpha value is -0.130. The van der Waals surface area contributed by atoms with Crippen LogP contribution in [0.25, 0.3) is 0 Å². The molecule has 0 aromatic heterocycles. The first kappa shape index (κ1) is 22.9. The summed E-state index contributed by atoms with van der Waals surface area (Å²) in [5.41, 5.74) is 0. The van der Waals surface area contributed by atoms with Gasteiger partial charge in [0, 0.05) is 0 Å². The zero-order chi connectivity index (χ0) is 17.6. The molecule has 0 bridgehead atoms. The van der Waals surface area contributed by atoms with E-state index in [0.29, 0.717) is 0 Å². The van der Waals surface area contributed by atoms with Gasteiger partial charge in [0.2, 0.25) is 0 Å². The largest absolute Gasteiger partial charge is 0.399 e. The number of hydrogen-bond donors (Lipinski definition) is 0. The third-order valence-electron chi connectivity index (χ3n) is 4.40. The summed E-state index contributed by atoms with van der Waals surface area (Å²) in [5, 5.41) is 0. The Morgan fingerprint density at radius 1 is 0.783 bits per heavy atom. The molecule has 0 amide bonds. The molecule has 0 fully saturated rings. The van der Waals surface area contributed by atoms with Crippen LogP contribution in [0.4, 0.5) is 0 Å². The van der Waals surface area contributed by atoms with Crippen LogP contribution < -0.4 is 0 Å². The summed E-state index contributed by atoms with van der Waals surface area (Å²) in [7, 11) is -2.66. The molecule has 23 heavy (non-hydrogen) atoms. The summed E-state index contributed by atoms with van der Waals surface area (Å²) in [6.45, 7) is 6.84. The van der Waals surface area contributed by atoms with Crippen molar-refractivity contribution >= 4 is 10.4 Å². The van der Waals surface area contributed by atoms with Crippen molar-refractivity contribution in [2.24, 2.45) is 11.8 Å². The quantitative estimate of drug-likeness (QED) is 0.346. The normalized spacial score (nSPS) is 14.8. The fraction of sp³-hybridized carbons (Fsp3) is 1.00. The van der Waals surface area contributed by atoms with Gasteiger partial charge in [0.15, 0.2) is 0 Å². The van der Waals surface area contributed by atoms with Crippen LogP contribution in [0.1, 0.15) is 91.4 Å². The fourth-order valence-electron chi connectivity index (χ4n) is 2.73. The monoisotopic (exact) mass is 350 g/mol. The number of unbranched alkanes of at least 4 members (excludes halogenated alkanes) is 6. The SMILES string of the molecule is CCCCCCCCC(C)CCCCC(C)COS(=O)(=O)OC. The predicted molar refractivity (Wildman–Crippen MR) is 96.7 cm³/mol. The topological polar surface area (TPSA) is 52.6 Å². The summed E-state index contributed by atoms with van der Waals surface area (Å²) in [5.74, 6) is 1.05. The predicted octanol–water partition coefficient (Wildman–Crippen LogP) is 5.48. The van der Waals surface area contributed by atoms with Crippen molar-refractivity contribution in [1.82, 2.24) is 0 Å². The summed E-state index contributed by atoms with van der Waals surface area (Å²) >= 11 is 0. The molecule has 0 saturated heterocycles. The van der Waals surface area contributed by atoms with Crippen molar-refractivity contribution in [3.05, 3.63) is 0 Å². The summed E-state index contributed by atoms with van der Waals surface area (Å²) < 4.78 is 31.1. The second-order valence-corrected chi connectivity index (χ2v) is 8.30. The van der Waals surface area contributed by atoms with Crippen molar-refractivity contribution in [2.75, 3.05) is 13.7 Å². The first-order valence-electron chi connectivity index (χ1n) is 9.36. The van der Waals surface area contributed by atoms with Gasteiger partial charge < -0.3 is 0 Å². The van der Waals surface area contributed by atoms with Gasteiger partial charge >= 0.3 is 10.4 Å². The molecule has 0 aliphatic rings.